The molecule has 0 radical (unpaired) electrons. The zero-order valence-electron chi connectivity index (χ0n) is 11.6. The molecule has 2 rings (SSSR count). The molecule has 0 amide bonds. The summed E-state index contributed by atoms with van der Waals surface area (Å²) in [5.74, 6) is -1.19. The van der Waals surface area contributed by atoms with Crippen LogP contribution < -0.4 is 0 Å². The molecule has 0 aliphatic rings. The van der Waals surface area contributed by atoms with Gasteiger partial charge in [-0.25, -0.2) is 14.5 Å². The third-order valence-corrected chi connectivity index (χ3v) is 3.05. The molecule has 0 saturated carbocycles. The van der Waals surface area contributed by atoms with Crippen LogP contribution in [0.25, 0.3) is 5.82 Å². The molecular weight excluding hydrogens is 276 g/mol. The highest BCUT2D eigenvalue weighted by Gasteiger charge is 2.21. The van der Waals surface area contributed by atoms with Gasteiger partial charge in [0.05, 0.1) is 10.6 Å². The van der Waals surface area contributed by atoms with E-state index in [0.29, 0.717) is 12.8 Å². The van der Waals surface area contributed by atoms with E-state index in [1.54, 1.807) is 0 Å². The van der Waals surface area contributed by atoms with Crippen molar-refractivity contribution in [1.82, 2.24) is 14.8 Å². The highest BCUT2D eigenvalue weighted by Crippen LogP contribution is 2.20. The number of nitro groups is 1. The maximum absolute atomic E-state index is 11.3. The first-order valence-electron chi connectivity index (χ1n) is 6.43. The van der Waals surface area contributed by atoms with Crippen LogP contribution in [0.15, 0.2) is 18.3 Å². The van der Waals surface area contributed by atoms with Crippen molar-refractivity contribution in [2.75, 3.05) is 0 Å². The van der Waals surface area contributed by atoms with E-state index in [0.717, 1.165) is 23.7 Å². The minimum absolute atomic E-state index is 0.0876. The lowest BCUT2D eigenvalue weighted by atomic mass is 10.2. The first-order chi connectivity index (χ1) is 9.97. The van der Waals surface area contributed by atoms with Crippen molar-refractivity contribution in [3.63, 3.8) is 0 Å². The molecule has 0 saturated heterocycles. The standard InChI is InChI=1S/C13H14N4O4/c1-3-8-5-9(4-2)16(15-8)12-11(13(18)19)6-10(7-14-12)17(20)21/h5-7H,3-4H2,1-2H3,(H,18,19). The van der Waals surface area contributed by atoms with Gasteiger partial charge in [0, 0.05) is 11.8 Å². The topological polar surface area (TPSA) is 111 Å². The van der Waals surface area contributed by atoms with E-state index >= 15 is 0 Å². The van der Waals surface area contributed by atoms with Crippen LogP contribution in [0.2, 0.25) is 0 Å². The molecule has 2 aromatic rings. The molecule has 8 nitrogen and oxygen atoms in total. The molecule has 2 aromatic heterocycles. The van der Waals surface area contributed by atoms with Crippen molar-refractivity contribution in [2.45, 2.75) is 26.7 Å². The van der Waals surface area contributed by atoms with Crippen molar-refractivity contribution in [3.05, 3.63) is 45.4 Å². The number of hydrogen-bond donors (Lipinski definition) is 1. The first-order valence-corrected chi connectivity index (χ1v) is 6.43. The smallest absolute Gasteiger partial charge is 0.339 e. The fourth-order valence-electron chi connectivity index (χ4n) is 1.96. The monoisotopic (exact) mass is 290 g/mol. The fraction of sp³-hybridized carbons (Fsp3) is 0.308. The Morgan fingerprint density at radius 1 is 1.38 bits per heavy atom. The van der Waals surface area contributed by atoms with E-state index in [4.69, 9.17) is 0 Å². The molecule has 8 heteroatoms. The Hall–Kier alpha value is -2.77. The largest absolute Gasteiger partial charge is 0.478 e. The van der Waals surface area contributed by atoms with Gasteiger partial charge in [0.25, 0.3) is 5.69 Å². The molecule has 0 atom stereocenters. The second kappa shape index (κ2) is 5.70. The Morgan fingerprint density at radius 3 is 2.62 bits per heavy atom. The normalized spacial score (nSPS) is 10.6. The quantitative estimate of drug-likeness (QED) is 0.666. The van der Waals surface area contributed by atoms with Crippen molar-refractivity contribution in [1.29, 1.82) is 0 Å². The van der Waals surface area contributed by atoms with Crippen molar-refractivity contribution in [3.8, 4) is 5.82 Å². The Kier molecular flexibility index (Phi) is 3.97. The highest BCUT2D eigenvalue weighted by atomic mass is 16.6. The van der Waals surface area contributed by atoms with Crippen LogP contribution >= 0.6 is 0 Å². The number of aromatic carboxylic acids is 1. The molecule has 0 aliphatic carbocycles. The van der Waals surface area contributed by atoms with Gasteiger partial charge in [-0.1, -0.05) is 13.8 Å². The molecule has 0 fully saturated rings. The van der Waals surface area contributed by atoms with Crippen molar-refractivity contribution in [2.24, 2.45) is 0 Å². The average Bonchev–Trinajstić information content (AvgIpc) is 2.89. The maximum Gasteiger partial charge on any atom is 0.339 e. The van der Waals surface area contributed by atoms with Crippen LogP contribution in [0, 0.1) is 10.1 Å². The number of aryl methyl sites for hydroxylation is 2. The lowest BCUT2D eigenvalue weighted by molar-refractivity contribution is -0.385. The van der Waals surface area contributed by atoms with Crippen molar-refractivity contribution >= 4 is 11.7 Å². The summed E-state index contributed by atoms with van der Waals surface area (Å²) < 4.78 is 1.44. The number of pyridine rings is 1. The molecule has 0 aliphatic heterocycles. The number of carboxylic acid groups (broad SMARTS) is 1. The van der Waals surface area contributed by atoms with Gasteiger partial charge in [0.15, 0.2) is 5.82 Å². The first kappa shape index (κ1) is 14.6. The van der Waals surface area contributed by atoms with Gasteiger partial charge in [-0.2, -0.15) is 5.10 Å². The molecule has 110 valence electrons. The molecule has 0 bridgehead atoms. The van der Waals surface area contributed by atoms with Gasteiger partial charge < -0.3 is 5.11 Å². The summed E-state index contributed by atoms with van der Waals surface area (Å²) in [6.45, 7) is 3.85. The van der Waals surface area contributed by atoms with E-state index in [2.05, 4.69) is 10.1 Å². The summed E-state index contributed by atoms with van der Waals surface area (Å²) in [6.07, 6.45) is 2.38. The van der Waals surface area contributed by atoms with Crippen LogP contribution in [0.3, 0.4) is 0 Å². The van der Waals surface area contributed by atoms with Crippen LogP contribution in [0.5, 0.6) is 0 Å². The lowest BCUT2D eigenvalue weighted by Crippen LogP contribution is -2.12. The number of carboxylic acids is 1. The number of rotatable bonds is 5. The van der Waals surface area contributed by atoms with E-state index in [-0.39, 0.29) is 17.1 Å². The summed E-state index contributed by atoms with van der Waals surface area (Å²) >= 11 is 0. The third kappa shape index (κ3) is 2.73. The molecular formula is C13H14N4O4. The fourth-order valence-corrected chi connectivity index (χ4v) is 1.96. The van der Waals surface area contributed by atoms with Crippen LogP contribution in [-0.2, 0) is 12.8 Å². The highest BCUT2D eigenvalue weighted by molar-refractivity contribution is 5.91. The molecule has 0 spiro atoms. The van der Waals surface area contributed by atoms with Crippen LogP contribution in [0.4, 0.5) is 5.69 Å². The number of nitrogens with zero attached hydrogens (tertiary/aromatic N) is 4. The van der Waals surface area contributed by atoms with Crippen LogP contribution in [-0.4, -0.2) is 30.8 Å². The summed E-state index contributed by atoms with van der Waals surface area (Å²) in [5, 5.41) is 24.3. The van der Waals surface area contributed by atoms with Gasteiger partial charge in [-0.05, 0) is 18.9 Å². The van der Waals surface area contributed by atoms with Gasteiger partial charge in [0.1, 0.15) is 11.8 Å². The Bertz CT molecular complexity index is 708. The van der Waals surface area contributed by atoms with Crippen LogP contribution in [0.1, 0.15) is 35.6 Å². The molecule has 0 aromatic carbocycles. The SMILES string of the molecule is CCc1cc(CC)n(-c2ncc([N+](=O)[O-])cc2C(=O)O)n1. The van der Waals surface area contributed by atoms with Gasteiger partial charge in [0.2, 0.25) is 0 Å². The predicted molar refractivity (Wildman–Crippen MR) is 73.7 cm³/mol. The number of aromatic nitrogens is 3. The Balaban J connectivity index is 2.65. The number of hydrogen-bond acceptors (Lipinski definition) is 5. The minimum atomic E-state index is -1.28. The minimum Gasteiger partial charge on any atom is -0.478 e. The van der Waals surface area contributed by atoms with Crippen molar-refractivity contribution < 1.29 is 14.8 Å². The summed E-state index contributed by atoms with van der Waals surface area (Å²) in [7, 11) is 0. The molecule has 2 heterocycles. The summed E-state index contributed by atoms with van der Waals surface area (Å²) in [5.41, 5.74) is 1.00. The van der Waals surface area contributed by atoms with Gasteiger partial charge >= 0.3 is 5.97 Å². The average molecular weight is 290 g/mol. The predicted octanol–water partition coefficient (Wildman–Crippen LogP) is 2.00. The lowest BCUT2D eigenvalue weighted by Gasteiger charge is -2.07. The van der Waals surface area contributed by atoms with Gasteiger partial charge in [-0.15, -0.1) is 0 Å². The zero-order valence-corrected chi connectivity index (χ0v) is 11.6. The summed E-state index contributed by atoms with van der Waals surface area (Å²) in [4.78, 5) is 25.3. The number of carbonyl (C=O) groups is 1. The molecule has 1 N–H and O–H groups in total. The second-order valence-electron chi connectivity index (χ2n) is 4.37. The maximum atomic E-state index is 11.3. The molecule has 21 heavy (non-hydrogen) atoms. The summed E-state index contributed by atoms with van der Waals surface area (Å²) in [6, 6.07) is 2.87. The Morgan fingerprint density at radius 2 is 2.10 bits per heavy atom. The Labute approximate surface area is 120 Å². The second-order valence-corrected chi connectivity index (χ2v) is 4.37. The van der Waals surface area contributed by atoms with E-state index in [1.807, 2.05) is 19.9 Å². The third-order valence-electron chi connectivity index (χ3n) is 3.05. The van der Waals surface area contributed by atoms with E-state index in [1.165, 1.54) is 4.68 Å². The zero-order chi connectivity index (χ0) is 15.6. The molecule has 0 unspecified atom stereocenters. The van der Waals surface area contributed by atoms with Gasteiger partial charge in [-0.3, -0.25) is 10.1 Å². The van der Waals surface area contributed by atoms with E-state index < -0.39 is 10.9 Å². The van der Waals surface area contributed by atoms with E-state index in [9.17, 15) is 20.0 Å².